The molecule has 0 saturated heterocycles. The molecule has 13 heavy (non-hydrogen) atoms. The third kappa shape index (κ3) is 1.65. The quantitative estimate of drug-likeness (QED) is 0.735. The van der Waals surface area contributed by atoms with Gasteiger partial charge >= 0.3 is 0 Å². The van der Waals surface area contributed by atoms with Gasteiger partial charge in [0.1, 0.15) is 0 Å². The van der Waals surface area contributed by atoms with Gasteiger partial charge in [-0.1, -0.05) is 22.0 Å². The van der Waals surface area contributed by atoms with Crippen LogP contribution in [-0.2, 0) is 4.79 Å². The number of carbonyl (C=O) groups is 1. The zero-order valence-electron chi connectivity index (χ0n) is 6.90. The van der Waals surface area contributed by atoms with E-state index in [1.54, 1.807) is 11.0 Å². The fourth-order valence-electron chi connectivity index (χ4n) is 1.29. The van der Waals surface area contributed by atoms with Crippen molar-refractivity contribution in [1.82, 2.24) is 0 Å². The van der Waals surface area contributed by atoms with E-state index < -0.39 is 0 Å². The number of hydrogen-bond donors (Lipinski definition) is 0. The first-order valence-electron chi connectivity index (χ1n) is 4.01. The molecule has 0 N–H and O–H groups in total. The van der Waals surface area contributed by atoms with Crippen molar-refractivity contribution in [3.8, 4) is 0 Å². The Hall–Kier alpha value is -1.09. The largest absolute Gasteiger partial charge is 0.305 e. The molecule has 0 saturated carbocycles. The number of carbonyl (C=O) groups excluding carboxylic acids is 1. The summed E-state index contributed by atoms with van der Waals surface area (Å²) in [5, 5.41) is 0. The summed E-state index contributed by atoms with van der Waals surface area (Å²) in [4.78, 5) is 13.0. The Labute approximate surface area is 85.0 Å². The zero-order chi connectivity index (χ0) is 9.26. The minimum atomic E-state index is 0.0577. The second kappa shape index (κ2) is 3.34. The number of anilines is 1. The molecule has 1 heterocycles. The molecule has 1 aliphatic heterocycles. The number of hydrogen-bond acceptors (Lipinski definition) is 1. The van der Waals surface area contributed by atoms with Gasteiger partial charge in [0.15, 0.2) is 0 Å². The van der Waals surface area contributed by atoms with Gasteiger partial charge in [0.2, 0.25) is 0 Å². The van der Waals surface area contributed by atoms with Crippen molar-refractivity contribution in [2.75, 3.05) is 11.4 Å². The normalized spacial score (nSPS) is 15.5. The Morgan fingerprint density at radius 1 is 1.23 bits per heavy atom. The summed E-state index contributed by atoms with van der Waals surface area (Å²) in [5.41, 5.74) is 0.943. The Kier molecular flexibility index (Phi) is 2.19. The third-order valence-corrected chi connectivity index (χ3v) is 2.48. The minimum Gasteiger partial charge on any atom is -0.305 e. The smallest absolute Gasteiger partial charge is 0.251 e. The van der Waals surface area contributed by atoms with Gasteiger partial charge in [0.05, 0.1) is 0 Å². The molecular formula is C10H8BrNO. The van der Waals surface area contributed by atoms with Crippen molar-refractivity contribution in [2.45, 2.75) is 0 Å². The first-order chi connectivity index (χ1) is 6.27. The summed E-state index contributed by atoms with van der Waals surface area (Å²) in [6, 6.07) is 7.71. The standard InChI is InChI=1S/C10H8BrNO/c11-8-3-5-9(6-4-8)12-7-1-2-10(12)13/h1-6H,7H2. The number of nitrogens with zero attached hydrogens (tertiary/aromatic N) is 1. The second-order valence-corrected chi connectivity index (χ2v) is 3.74. The number of halogens is 1. The van der Waals surface area contributed by atoms with Crippen LogP contribution in [0.1, 0.15) is 0 Å². The minimum absolute atomic E-state index is 0.0577. The third-order valence-electron chi connectivity index (χ3n) is 1.95. The lowest BCUT2D eigenvalue weighted by atomic mass is 10.3. The number of amides is 1. The molecular weight excluding hydrogens is 230 g/mol. The van der Waals surface area contributed by atoms with E-state index in [2.05, 4.69) is 15.9 Å². The summed E-state index contributed by atoms with van der Waals surface area (Å²) in [5.74, 6) is 0.0577. The molecule has 0 aromatic heterocycles. The Balaban J connectivity index is 2.26. The topological polar surface area (TPSA) is 20.3 Å². The van der Waals surface area contributed by atoms with Crippen LogP contribution in [0.2, 0.25) is 0 Å². The fraction of sp³-hybridized carbons (Fsp3) is 0.100. The van der Waals surface area contributed by atoms with Crippen LogP contribution in [0.25, 0.3) is 0 Å². The molecule has 1 aromatic rings. The van der Waals surface area contributed by atoms with Crippen molar-refractivity contribution < 1.29 is 4.79 Å². The number of rotatable bonds is 1. The van der Waals surface area contributed by atoms with E-state index in [1.807, 2.05) is 30.3 Å². The lowest BCUT2D eigenvalue weighted by Crippen LogP contribution is -2.24. The molecule has 2 rings (SSSR count). The summed E-state index contributed by atoms with van der Waals surface area (Å²) in [6.07, 6.45) is 3.46. The van der Waals surface area contributed by atoms with Crippen LogP contribution in [0.5, 0.6) is 0 Å². The van der Waals surface area contributed by atoms with Crippen LogP contribution in [-0.4, -0.2) is 12.5 Å². The Morgan fingerprint density at radius 2 is 1.92 bits per heavy atom. The number of benzene rings is 1. The van der Waals surface area contributed by atoms with Crippen LogP contribution < -0.4 is 4.90 Å². The maximum Gasteiger partial charge on any atom is 0.251 e. The highest BCUT2D eigenvalue weighted by Crippen LogP contribution is 2.20. The predicted octanol–water partition coefficient (Wildman–Crippen LogP) is 2.35. The predicted molar refractivity (Wildman–Crippen MR) is 55.6 cm³/mol. The van der Waals surface area contributed by atoms with Crippen molar-refractivity contribution in [1.29, 1.82) is 0 Å². The maximum atomic E-state index is 11.3. The first kappa shape index (κ1) is 8.51. The van der Waals surface area contributed by atoms with Crippen LogP contribution in [0.3, 0.4) is 0 Å². The van der Waals surface area contributed by atoms with Gasteiger partial charge in [-0.3, -0.25) is 4.79 Å². The van der Waals surface area contributed by atoms with Gasteiger partial charge in [0.25, 0.3) is 5.91 Å². The average Bonchev–Trinajstić information content (AvgIpc) is 2.53. The van der Waals surface area contributed by atoms with Gasteiger partial charge in [-0.2, -0.15) is 0 Å². The Morgan fingerprint density at radius 3 is 2.46 bits per heavy atom. The van der Waals surface area contributed by atoms with E-state index >= 15 is 0 Å². The lowest BCUT2D eigenvalue weighted by Gasteiger charge is -2.15. The van der Waals surface area contributed by atoms with E-state index in [0.29, 0.717) is 6.54 Å². The van der Waals surface area contributed by atoms with Gasteiger partial charge in [-0.25, -0.2) is 0 Å². The van der Waals surface area contributed by atoms with E-state index in [0.717, 1.165) is 10.2 Å². The monoisotopic (exact) mass is 237 g/mol. The van der Waals surface area contributed by atoms with E-state index in [9.17, 15) is 4.79 Å². The molecule has 1 amide bonds. The highest BCUT2D eigenvalue weighted by Gasteiger charge is 2.15. The van der Waals surface area contributed by atoms with Crippen LogP contribution in [0.15, 0.2) is 40.9 Å². The van der Waals surface area contributed by atoms with Crippen molar-refractivity contribution in [3.63, 3.8) is 0 Å². The van der Waals surface area contributed by atoms with E-state index in [4.69, 9.17) is 0 Å². The molecule has 0 atom stereocenters. The summed E-state index contributed by atoms with van der Waals surface area (Å²) >= 11 is 3.35. The van der Waals surface area contributed by atoms with Crippen molar-refractivity contribution in [2.24, 2.45) is 0 Å². The van der Waals surface area contributed by atoms with Crippen molar-refractivity contribution in [3.05, 3.63) is 40.9 Å². The molecule has 1 aromatic carbocycles. The molecule has 3 heteroatoms. The molecule has 0 bridgehead atoms. The van der Waals surface area contributed by atoms with Gasteiger partial charge in [-0.15, -0.1) is 0 Å². The summed E-state index contributed by atoms with van der Waals surface area (Å²) in [6.45, 7) is 0.681. The molecule has 0 fully saturated rings. The molecule has 0 unspecified atom stereocenters. The van der Waals surface area contributed by atoms with Crippen LogP contribution in [0.4, 0.5) is 5.69 Å². The highest BCUT2D eigenvalue weighted by molar-refractivity contribution is 9.10. The Bertz CT molecular complexity index is 356. The fourth-order valence-corrected chi connectivity index (χ4v) is 1.56. The summed E-state index contributed by atoms with van der Waals surface area (Å²) in [7, 11) is 0. The van der Waals surface area contributed by atoms with Crippen LogP contribution >= 0.6 is 15.9 Å². The van der Waals surface area contributed by atoms with Gasteiger partial charge < -0.3 is 4.90 Å². The highest BCUT2D eigenvalue weighted by atomic mass is 79.9. The maximum absolute atomic E-state index is 11.3. The lowest BCUT2D eigenvalue weighted by molar-refractivity contribution is -0.113. The zero-order valence-corrected chi connectivity index (χ0v) is 8.49. The van der Waals surface area contributed by atoms with Gasteiger partial charge in [-0.05, 0) is 24.3 Å². The molecule has 0 spiro atoms. The average molecular weight is 238 g/mol. The SMILES string of the molecule is O=C1C=CCN1c1ccc(Br)cc1. The molecule has 0 radical (unpaired) electrons. The molecule has 0 aliphatic carbocycles. The van der Waals surface area contributed by atoms with Gasteiger partial charge in [0, 0.05) is 22.8 Å². The summed E-state index contributed by atoms with van der Waals surface area (Å²) < 4.78 is 1.02. The molecule has 1 aliphatic rings. The van der Waals surface area contributed by atoms with Crippen molar-refractivity contribution >= 4 is 27.5 Å². The molecule has 2 nitrogen and oxygen atoms in total. The molecule has 66 valence electrons. The van der Waals surface area contributed by atoms with Crippen LogP contribution in [0, 0.1) is 0 Å². The first-order valence-corrected chi connectivity index (χ1v) is 4.80. The van der Waals surface area contributed by atoms with E-state index in [-0.39, 0.29) is 5.91 Å². The van der Waals surface area contributed by atoms with E-state index in [1.165, 1.54) is 0 Å². The second-order valence-electron chi connectivity index (χ2n) is 2.83.